The molecule has 0 bridgehead atoms. The van der Waals surface area contributed by atoms with Gasteiger partial charge in [-0.05, 0) is 23.6 Å². The maximum absolute atomic E-state index is 12.2. The van der Waals surface area contributed by atoms with Gasteiger partial charge < -0.3 is 15.2 Å². The van der Waals surface area contributed by atoms with Crippen molar-refractivity contribution in [2.24, 2.45) is 11.8 Å². The Morgan fingerprint density at radius 1 is 1.24 bits per heavy atom. The summed E-state index contributed by atoms with van der Waals surface area (Å²) in [5, 5.41) is 11.9. The Bertz CT molecular complexity index is 484. The van der Waals surface area contributed by atoms with Crippen molar-refractivity contribution in [3.8, 4) is 5.75 Å². The van der Waals surface area contributed by atoms with Crippen LogP contribution < -0.4 is 10.1 Å². The Morgan fingerprint density at radius 2 is 1.81 bits per heavy atom. The van der Waals surface area contributed by atoms with E-state index in [1.54, 1.807) is 31.4 Å². The van der Waals surface area contributed by atoms with Gasteiger partial charge in [0.05, 0.1) is 7.11 Å². The molecule has 1 aromatic rings. The molecule has 0 aromatic heterocycles. The van der Waals surface area contributed by atoms with Gasteiger partial charge in [0.25, 0.3) is 0 Å². The van der Waals surface area contributed by atoms with Gasteiger partial charge in [-0.15, -0.1) is 0 Å². The molecule has 1 aromatic carbocycles. The van der Waals surface area contributed by atoms with Crippen LogP contribution in [0.3, 0.4) is 0 Å². The fourth-order valence-electron chi connectivity index (χ4n) is 1.97. The summed E-state index contributed by atoms with van der Waals surface area (Å²) < 4.78 is 5.04. The average molecular weight is 293 g/mol. The van der Waals surface area contributed by atoms with Gasteiger partial charge in [-0.3, -0.25) is 4.79 Å². The first-order valence-corrected chi connectivity index (χ1v) is 7.07. The molecule has 0 aliphatic rings. The molecular formula is C16H23NO4. The molecule has 2 N–H and O–H groups in total. The second-order valence-corrected chi connectivity index (χ2v) is 5.23. The zero-order chi connectivity index (χ0) is 16.0. The Kier molecular flexibility index (Phi) is 6.21. The molecule has 0 fully saturated rings. The van der Waals surface area contributed by atoms with E-state index in [9.17, 15) is 14.7 Å². The van der Waals surface area contributed by atoms with Crippen LogP contribution in [0.25, 0.3) is 0 Å². The van der Waals surface area contributed by atoms with Gasteiger partial charge in [-0.25, -0.2) is 4.79 Å². The van der Waals surface area contributed by atoms with E-state index in [2.05, 4.69) is 5.32 Å². The number of hydrogen-bond donors (Lipinski definition) is 2. The predicted octanol–water partition coefficient (Wildman–Crippen LogP) is 2.62. The van der Waals surface area contributed by atoms with Gasteiger partial charge in [0.2, 0.25) is 5.91 Å². The highest BCUT2D eigenvalue weighted by Crippen LogP contribution is 2.20. The normalized spacial score (nSPS) is 14.9. The largest absolute Gasteiger partial charge is 0.497 e. The summed E-state index contributed by atoms with van der Waals surface area (Å²) in [5.74, 6) is -0.704. The van der Waals surface area contributed by atoms with Crippen LogP contribution in [0.5, 0.6) is 5.75 Å². The summed E-state index contributed by atoms with van der Waals surface area (Å²) in [4.78, 5) is 23.6. The third-order valence-electron chi connectivity index (χ3n) is 3.89. The number of methoxy groups -OCH3 is 1. The van der Waals surface area contributed by atoms with Crippen LogP contribution >= 0.6 is 0 Å². The van der Waals surface area contributed by atoms with Crippen molar-refractivity contribution >= 4 is 11.9 Å². The van der Waals surface area contributed by atoms with Crippen molar-refractivity contribution in [3.05, 3.63) is 29.8 Å². The van der Waals surface area contributed by atoms with Crippen LogP contribution in [-0.4, -0.2) is 24.1 Å². The number of carboxylic acids is 1. The van der Waals surface area contributed by atoms with E-state index >= 15 is 0 Å². The molecule has 0 heterocycles. The first-order chi connectivity index (χ1) is 9.90. The van der Waals surface area contributed by atoms with Gasteiger partial charge >= 0.3 is 5.97 Å². The standard InChI is InChI=1S/C16H23NO4/c1-5-10(2)11(3)15(18)17-14(16(19)20)12-6-8-13(21-4)9-7-12/h6-11,14H,5H2,1-4H3,(H,17,18)(H,19,20). The highest BCUT2D eigenvalue weighted by atomic mass is 16.5. The summed E-state index contributed by atoms with van der Waals surface area (Å²) in [6.45, 7) is 5.80. The van der Waals surface area contributed by atoms with Gasteiger partial charge in [-0.1, -0.05) is 39.3 Å². The number of carbonyl (C=O) groups excluding carboxylic acids is 1. The molecule has 1 amide bonds. The number of rotatable bonds is 7. The van der Waals surface area contributed by atoms with Gasteiger partial charge in [0.15, 0.2) is 6.04 Å². The molecule has 0 aliphatic carbocycles. The minimum atomic E-state index is -1.08. The highest BCUT2D eigenvalue weighted by molar-refractivity contribution is 5.85. The number of carboxylic acid groups (broad SMARTS) is 1. The van der Waals surface area contributed by atoms with Crippen molar-refractivity contribution in [2.75, 3.05) is 7.11 Å². The number of carbonyl (C=O) groups is 2. The van der Waals surface area contributed by atoms with E-state index in [-0.39, 0.29) is 17.7 Å². The lowest BCUT2D eigenvalue weighted by atomic mass is 9.92. The SMILES string of the molecule is CCC(C)C(C)C(=O)NC(C(=O)O)c1ccc(OC)cc1. The quantitative estimate of drug-likeness (QED) is 0.810. The van der Waals surface area contributed by atoms with E-state index in [4.69, 9.17) is 4.74 Å². The average Bonchev–Trinajstić information content (AvgIpc) is 2.50. The Labute approximate surface area is 125 Å². The molecule has 5 nitrogen and oxygen atoms in total. The summed E-state index contributed by atoms with van der Waals surface area (Å²) in [6, 6.07) is 5.60. The van der Waals surface area contributed by atoms with E-state index in [0.717, 1.165) is 6.42 Å². The zero-order valence-corrected chi connectivity index (χ0v) is 12.9. The van der Waals surface area contributed by atoms with Gasteiger partial charge in [-0.2, -0.15) is 0 Å². The second kappa shape index (κ2) is 7.67. The fraction of sp³-hybridized carbons (Fsp3) is 0.500. The number of nitrogens with one attached hydrogen (secondary N) is 1. The lowest BCUT2D eigenvalue weighted by Gasteiger charge is -2.21. The van der Waals surface area contributed by atoms with E-state index in [1.807, 2.05) is 20.8 Å². The molecule has 0 saturated heterocycles. The van der Waals surface area contributed by atoms with Crippen LogP contribution in [0.2, 0.25) is 0 Å². The molecule has 0 spiro atoms. The van der Waals surface area contributed by atoms with Crippen molar-refractivity contribution < 1.29 is 19.4 Å². The fourth-order valence-corrected chi connectivity index (χ4v) is 1.97. The molecular weight excluding hydrogens is 270 g/mol. The molecule has 1 rings (SSSR count). The van der Waals surface area contributed by atoms with Crippen molar-refractivity contribution in [3.63, 3.8) is 0 Å². The first-order valence-electron chi connectivity index (χ1n) is 7.07. The first kappa shape index (κ1) is 17.0. The molecule has 0 saturated carbocycles. The number of hydrogen-bond acceptors (Lipinski definition) is 3. The minimum absolute atomic E-state index is 0.204. The van der Waals surface area contributed by atoms with Gasteiger partial charge in [0, 0.05) is 5.92 Å². The smallest absolute Gasteiger partial charge is 0.330 e. The van der Waals surface area contributed by atoms with Crippen LogP contribution in [0.1, 0.15) is 38.8 Å². The Morgan fingerprint density at radius 3 is 2.24 bits per heavy atom. The van der Waals surface area contributed by atoms with E-state index < -0.39 is 12.0 Å². The van der Waals surface area contributed by atoms with Crippen molar-refractivity contribution in [1.29, 1.82) is 0 Å². The number of aliphatic carboxylic acids is 1. The number of ether oxygens (including phenoxy) is 1. The minimum Gasteiger partial charge on any atom is -0.497 e. The molecule has 0 radical (unpaired) electrons. The third kappa shape index (κ3) is 4.48. The van der Waals surface area contributed by atoms with Crippen LogP contribution in [0.15, 0.2) is 24.3 Å². The maximum Gasteiger partial charge on any atom is 0.330 e. The van der Waals surface area contributed by atoms with Crippen molar-refractivity contribution in [2.45, 2.75) is 33.2 Å². The molecule has 3 atom stereocenters. The van der Waals surface area contributed by atoms with Gasteiger partial charge in [0.1, 0.15) is 5.75 Å². The molecule has 3 unspecified atom stereocenters. The third-order valence-corrected chi connectivity index (χ3v) is 3.89. The Balaban J connectivity index is 2.87. The summed E-state index contributed by atoms with van der Waals surface area (Å²) >= 11 is 0. The zero-order valence-electron chi connectivity index (χ0n) is 12.9. The van der Waals surface area contributed by atoms with E-state index in [0.29, 0.717) is 11.3 Å². The van der Waals surface area contributed by atoms with Crippen LogP contribution in [0, 0.1) is 11.8 Å². The van der Waals surface area contributed by atoms with Crippen LogP contribution in [0.4, 0.5) is 0 Å². The topological polar surface area (TPSA) is 75.6 Å². The second-order valence-electron chi connectivity index (χ2n) is 5.23. The monoisotopic (exact) mass is 293 g/mol. The lowest BCUT2D eigenvalue weighted by Crippen LogP contribution is -2.38. The molecule has 21 heavy (non-hydrogen) atoms. The lowest BCUT2D eigenvalue weighted by molar-refractivity contribution is -0.142. The number of amides is 1. The summed E-state index contributed by atoms with van der Waals surface area (Å²) in [7, 11) is 1.54. The molecule has 0 aliphatic heterocycles. The molecule has 5 heteroatoms. The van der Waals surface area contributed by atoms with E-state index in [1.165, 1.54) is 0 Å². The maximum atomic E-state index is 12.2. The number of benzene rings is 1. The Hall–Kier alpha value is -2.04. The van der Waals surface area contributed by atoms with Crippen LogP contribution in [-0.2, 0) is 9.59 Å². The summed E-state index contributed by atoms with van der Waals surface area (Å²) in [5.41, 5.74) is 0.521. The predicted molar refractivity (Wildman–Crippen MR) is 80.1 cm³/mol. The van der Waals surface area contributed by atoms with Crippen molar-refractivity contribution in [1.82, 2.24) is 5.32 Å². The summed E-state index contributed by atoms with van der Waals surface area (Å²) in [6.07, 6.45) is 0.870. The molecule has 116 valence electrons. The highest BCUT2D eigenvalue weighted by Gasteiger charge is 2.26.